The van der Waals surface area contributed by atoms with Gasteiger partial charge in [0, 0.05) is 5.92 Å². The molecule has 0 bridgehead atoms. The van der Waals surface area contributed by atoms with Crippen LogP contribution >= 0.6 is 0 Å². The highest BCUT2D eigenvalue weighted by atomic mass is 16.7. The van der Waals surface area contributed by atoms with Gasteiger partial charge in [-0.15, -0.1) is 0 Å². The lowest BCUT2D eigenvalue weighted by Crippen LogP contribution is -2.49. The van der Waals surface area contributed by atoms with Crippen molar-refractivity contribution in [3.63, 3.8) is 0 Å². The van der Waals surface area contributed by atoms with Gasteiger partial charge in [0.15, 0.2) is 6.29 Å². The van der Waals surface area contributed by atoms with Crippen LogP contribution in [0.1, 0.15) is 64.9 Å². The number of benzene rings is 1. The van der Waals surface area contributed by atoms with E-state index in [2.05, 4.69) is 13.8 Å². The molecule has 1 saturated carbocycles. The number of carbonyl (C=O) groups is 1. The van der Waals surface area contributed by atoms with E-state index in [1.165, 1.54) is 44.1 Å². The van der Waals surface area contributed by atoms with Gasteiger partial charge in [-0.25, -0.2) is 0 Å². The van der Waals surface area contributed by atoms with E-state index in [-0.39, 0.29) is 12.3 Å². The predicted octanol–water partition coefficient (Wildman–Crippen LogP) is 5.14. The molecule has 1 aromatic rings. The van der Waals surface area contributed by atoms with Crippen molar-refractivity contribution in [2.45, 2.75) is 72.0 Å². The Balaban J connectivity index is 1.48. The summed E-state index contributed by atoms with van der Waals surface area (Å²) in [6.07, 6.45) is 8.28. The number of hydrogen-bond acceptors (Lipinski definition) is 4. The number of aryl methyl sites for hydroxylation is 1. The van der Waals surface area contributed by atoms with E-state index >= 15 is 0 Å². The Morgan fingerprint density at radius 2 is 1.70 bits per heavy atom. The molecule has 1 aromatic carbocycles. The van der Waals surface area contributed by atoms with Crippen LogP contribution in [-0.4, -0.2) is 25.5 Å². The first-order chi connectivity index (χ1) is 13.0. The van der Waals surface area contributed by atoms with E-state index in [1.54, 1.807) is 0 Å². The maximum absolute atomic E-state index is 12.7. The summed E-state index contributed by atoms with van der Waals surface area (Å²) < 4.78 is 17.6. The first kappa shape index (κ1) is 20.3. The monoisotopic (exact) mass is 374 g/mol. The Morgan fingerprint density at radius 1 is 1.07 bits per heavy atom. The number of carbonyl (C=O) groups excluding carboxylic acids is 1. The highest BCUT2D eigenvalue weighted by Gasteiger charge is 2.43. The normalized spacial score (nSPS) is 31.4. The van der Waals surface area contributed by atoms with Gasteiger partial charge in [0.2, 0.25) is 0 Å². The van der Waals surface area contributed by atoms with Crippen molar-refractivity contribution in [3.05, 3.63) is 29.8 Å². The Labute approximate surface area is 163 Å². The molecule has 150 valence electrons. The maximum Gasteiger partial charge on any atom is 0.321 e. The van der Waals surface area contributed by atoms with Crippen molar-refractivity contribution in [2.24, 2.45) is 17.3 Å². The lowest BCUT2D eigenvalue weighted by Gasteiger charge is -2.40. The summed E-state index contributed by atoms with van der Waals surface area (Å²) in [6, 6.07) is 7.68. The number of rotatable bonds is 6. The molecular formula is C23H34O4. The minimum Gasteiger partial charge on any atom is -0.426 e. The van der Waals surface area contributed by atoms with Crippen LogP contribution in [0.25, 0.3) is 0 Å². The van der Waals surface area contributed by atoms with Crippen LogP contribution < -0.4 is 4.74 Å². The molecule has 2 fully saturated rings. The van der Waals surface area contributed by atoms with Crippen molar-refractivity contribution in [2.75, 3.05) is 13.2 Å². The first-order valence-corrected chi connectivity index (χ1v) is 10.6. The summed E-state index contributed by atoms with van der Waals surface area (Å²) in [4.78, 5) is 12.7. The van der Waals surface area contributed by atoms with E-state index in [4.69, 9.17) is 14.2 Å². The van der Waals surface area contributed by atoms with Gasteiger partial charge in [-0.05, 0) is 62.6 Å². The molecule has 1 saturated heterocycles. The molecule has 0 atom stereocenters. The lowest BCUT2D eigenvalue weighted by atomic mass is 9.79. The molecule has 27 heavy (non-hydrogen) atoms. The SMILES string of the molecule is CCCC1CCC(C2OCC(C)(C(=O)Oc3ccc(CC)cc3)CO2)CC1. The quantitative estimate of drug-likeness (QED) is 0.511. The standard InChI is InChI=1S/C23H34O4/c1-4-6-18-7-11-19(12-8-18)21-25-15-23(3,16-26-21)22(24)27-20-13-9-17(5-2)10-14-20/h9-10,13-14,18-19,21H,4-8,11-12,15-16H2,1-3H3. The molecule has 0 radical (unpaired) electrons. The summed E-state index contributed by atoms with van der Waals surface area (Å²) in [5.74, 6) is 1.63. The zero-order valence-electron chi connectivity index (χ0n) is 17.0. The molecular weight excluding hydrogens is 340 g/mol. The Hall–Kier alpha value is -1.39. The highest BCUT2D eigenvalue weighted by molar-refractivity contribution is 5.79. The van der Waals surface area contributed by atoms with E-state index in [1.807, 2.05) is 31.2 Å². The zero-order chi connectivity index (χ0) is 19.3. The summed E-state index contributed by atoms with van der Waals surface area (Å²) in [6.45, 7) is 6.95. The topological polar surface area (TPSA) is 44.8 Å². The van der Waals surface area contributed by atoms with Gasteiger partial charge in [-0.1, -0.05) is 38.8 Å². The van der Waals surface area contributed by atoms with Crippen molar-refractivity contribution in [1.82, 2.24) is 0 Å². The van der Waals surface area contributed by atoms with Gasteiger partial charge in [0.25, 0.3) is 0 Å². The van der Waals surface area contributed by atoms with Crippen molar-refractivity contribution < 1.29 is 19.0 Å². The Morgan fingerprint density at radius 3 is 2.26 bits per heavy atom. The van der Waals surface area contributed by atoms with Gasteiger partial charge < -0.3 is 14.2 Å². The molecule has 0 spiro atoms. The molecule has 2 aliphatic rings. The van der Waals surface area contributed by atoms with Crippen LogP contribution in [0.15, 0.2) is 24.3 Å². The second kappa shape index (κ2) is 9.20. The third-order valence-electron chi connectivity index (χ3n) is 6.14. The van der Waals surface area contributed by atoms with Gasteiger partial charge in [-0.3, -0.25) is 4.79 Å². The van der Waals surface area contributed by atoms with Crippen molar-refractivity contribution in [1.29, 1.82) is 0 Å². The molecule has 0 unspecified atom stereocenters. The average molecular weight is 375 g/mol. The van der Waals surface area contributed by atoms with E-state index < -0.39 is 5.41 Å². The molecule has 0 N–H and O–H groups in total. The molecule has 0 aromatic heterocycles. The van der Waals surface area contributed by atoms with E-state index in [9.17, 15) is 4.79 Å². The van der Waals surface area contributed by atoms with Crippen LogP contribution in [0.5, 0.6) is 5.75 Å². The molecule has 1 aliphatic heterocycles. The van der Waals surface area contributed by atoms with Crippen LogP contribution in [0.2, 0.25) is 0 Å². The van der Waals surface area contributed by atoms with E-state index in [0.717, 1.165) is 12.3 Å². The molecule has 0 amide bonds. The molecule has 4 heteroatoms. The second-order valence-corrected chi connectivity index (χ2v) is 8.51. The fraction of sp³-hybridized carbons (Fsp3) is 0.696. The maximum atomic E-state index is 12.7. The average Bonchev–Trinajstić information content (AvgIpc) is 2.70. The van der Waals surface area contributed by atoms with Crippen LogP contribution in [-0.2, 0) is 20.7 Å². The summed E-state index contributed by atoms with van der Waals surface area (Å²) in [5, 5.41) is 0. The Kier molecular flexibility index (Phi) is 6.93. The molecule has 3 rings (SSSR count). The van der Waals surface area contributed by atoms with Crippen molar-refractivity contribution >= 4 is 5.97 Å². The van der Waals surface area contributed by atoms with E-state index in [0.29, 0.717) is 24.9 Å². The molecule has 4 nitrogen and oxygen atoms in total. The lowest BCUT2D eigenvalue weighted by molar-refractivity contribution is -0.250. The third-order valence-corrected chi connectivity index (χ3v) is 6.14. The smallest absolute Gasteiger partial charge is 0.321 e. The third kappa shape index (κ3) is 5.11. The number of esters is 1. The van der Waals surface area contributed by atoms with Crippen LogP contribution in [0, 0.1) is 17.3 Å². The minimum absolute atomic E-state index is 0.169. The number of hydrogen-bond donors (Lipinski definition) is 0. The number of ether oxygens (including phenoxy) is 3. The summed E-state index contributed by atoms with van der Waals surface area (Å²) in [7, 11) is 0. The largest absolute Gasteiger partial charge is 0.426 e. The predicted molar refractivity (Wildman–Crippen MR) is 106 cm³/mol. The fourth-order valence-corrected chi connectivity index (χ4v) is 4.19. The molecule has 1 heterocycles. The highest BCUT2D eigenvalue weighted by Crippen LogP contribution is 2.37. The first-order valence-electron chi connectivity index (χ1n) is 10.6. The minimum atomic E-state index is -0.751. The summed E-state index contributed by atoms with van der Waals surface area (Å²) in [5.41, 5.74) is 0.473. The van der Waals surface area contributed by atoms with Gasteiger partial charge in [0.05, 0.1) is 13.2 Å². The van der Waals surface area contributed by atoms with Crippen LogP contribution in [0.4, 0.5) is 0 Å². The van der Waals surface area contributed by atoms with Gasteiger partial charge >= 0.3 is 5.97 Å². The Bertz CT molecular complexity index is 593. The van der Waals surface area contributed by atoms with Crippen LogP contribution in [0.3, 0.4) is 0 Å². The summed E-state index contributed by atoms with van der Waals surface area (Å²) >= 11 is 0. The van der Waals surface area contributed by atoms with Crippen molar-refractivity contribution in [3.8, 4) is 5.75 Å². The fourth-order valence-electron chi connectivity index (χ4n) is 4.19. The van der Waals surface area contributed by atoms with Gasteiger partial charge in [-0.2, -0.15) is 0 Å². The zero-order valence-corrected chi connectivity index (χ0v) is 17.0. The van der Waals surface area contributed by atoms with Gasteiger partial charge in [0.1, 0.15) is 11.2 Å². The second-order valence-electron chi connectivity index (χ2n) is 8.51. The molecule has 1 aliphatic carbocycles.